The lowest BCUT2D eigenvalue weighted by Gasteiger charge is -2.11. The highest BCUT2D eigenvalue weighted by molar-refractivity contribution is 6.11. The van der Waals surface area contributed by atoms with E-state index in [0.717, 1.165) is 77.1 Å². The molecular formula is C46H30N4O. The van der Waals surface area contributed by atoms with E-state index >= 15 is 0 Å². The summed E-state index contributed by atoms with van der Waals surface area (Å²) < 4.78 is 8.67. The molecule has 0 atom stereocenters. The van der Waals surface area contributed by atoms with Gasteiger partial charge in [-0.1, -0.05) is 139 Å². The third kappa shape index (κ3) is 4.90. The number of hydrogen-bond acceptors (Lipinski definition) is 4. The number of nitrogens with zero attached hydrogens (tertiary/aromatic N) is 4. The van der Waals surface area contributed by atoms with Crippen LogP contribution in [0.3, 0.4) is 0 Å². The molecule has 0 spiro atoms. The van der Waals surface area contributed by atoms with Crippen molar-refractivity contribution in [2.24, 2.45) is 0 Å². The van der Waals surface area contributed by atoms with Gasteiger partial charge in [0.15, 0.2) is 11.6 Å². The molecule has 0 amide bonds. The second-order valence-corrected chi connectivity index (χ2v) is 13.0. The minimum atomic E-state index is 0.568. The molecule has 51 heavy (non-hydrogen) atoms. The van der Waals surface area contributed by atoms with Crippen molar-refractivity contribution in [1.82, 2.24) is 19.5 Å². The molecule has 0 unspecified atom stereocenters. The van der Waals surface area contributed by atoms with E-state index in [1.165, 1.54) is 5.56 Å². The number of para-hydroxylation sites is 3. The summed E-state index contributed by atoms with van der Waals surface area (Å²) in [5.41, 5.74) is 11.3. The van der Waals surface area contributed by atoms with Gasteiger partial charge in [-0.05, 0) is 53.9 Å². The molecule has 0 aliphatic heterocycles. The highest BCUT2D eigenvalue weighted by Gasteiger charge is 2.19. The minimum absolute atomic E-state index is 0.568. The number of rotatable bonds is 5. The van der Waals surface area contributed by atoms with Gasteiger partial charge in [-0.25, -0.2) is 4.98 Å². The number of aromatic nitrogens is 4. The molecule has 5 heteroatoms. The van der Waals surface area contributed by atoms with E-state index in [9.17, 15) is 0 Å². The fourth-order valence-corrected chi connectivity index (χ4v) is 7.20. The van der Waals surface area contributed by atoms with Gasteiger partial charge >= 0.3 is 0 Å². The molecule has 0 saturated carbocycles. The van der Waals surface area contributed by atoms with Crippen LogP contribution in [-0.2, 0) is 0 Å². The predicted molar refractivity (Wildman–Crippen MR) is 208 cm³/mol. The summed E-state index contributed by atoms with van der Waals surface area (Å²) >= 11 is 0. The normalized spacial score (nSPS) is 11.6. The second kappa shape index (κ2) is 11.6. The van der Waals surface area contributed by atoms with Crippen molar-refractivity contribution in [3.05, 3.63) is 169 Å². The van der Waals surface area contributed by atoms with Crippen LogP contribution >= 0.6 is 0 Å². The van der Waals surface area contributed by atoms with Gasteiger partial charge in [-0.3, -0.25) is 4.57 Å². The highest BCUT2D eigenvalue weighted by Crippen LogP contribution is 2.38. The van der Waals surface area contributed by atoms with Crippen LogP contribution < -0.4 is 0 Å². The van der Waals surface area contributed by atoms with E-state index in [1.54, 1.807) is 0 Å². The summed E-state index contributed by atoms with van der Waals surface area (Å²) in [7, 11) is 0. The molecule has 3 aromatic heterocycles. The van der Waals surface area contributed by atoms with Gasteiger partial charge in [-0.15, -0.1) is 0 Å². The molecule has 10 rings (SSSR count). The lowest BCUT2D eigenvalue weighted by Crippen LogP contribution is -2.06. The molecule has 0 fully saturated rings. The Balaban J connectivity index is 1.18. The topological polar surface area (TPSA) is 56.7 Å². The van der Waals surface area contributed by atoms with Crippen LogP contribution in [0.4, 0.5) is 0 Å². The molecule has 0 aliphatic rings. The van der Waals surface area contributed by atoms with Crippen LogP contribution in [0, 0.1) is 6.92 Å². The molecule has 0 N–H and O–H groups in total. The molecular weight excluding hydrogens is 625 g/mol. The summed E-state index contributed by atoms with van der Waals surface area (Å²) in [6.07, 6.45) is 0. The van der Waals surface area contributed by atoms with Crippen LogP contribution in [0.15, 0.2) is 168 Å². The van der Waals surface area contributed by atoms with E-state index < -0.39 is 0 Å². The maximum absolute atomic E-state index is 6.52. The SMILES string of the molecule is Cc1ccc(-c2cccc3c2oc2ccc(-c4nc(-c5ccc(-c6ccccc6)cc5)nc(-n5c6ccccc6c6ccccc65)n4)cc23)cc1. The van der Waals surface area contributed by atoms with Crippen LogP contribution in [0.5, 0.6) is 0 Å². The first kappa shape index (κ1) is 29.1. The van der Waals surface area contributed by atoms with E-state index in [4.69, 9.17) is 19.4 Å². The zero-order valence-corrected chi connectivity index (χ0v) is 27.8. The van der Waals surface area contributed by atoms with Crippen molar-refractivity contribution >= 4 is 43.7 Å². The predicted octanol–water partition coefficient (Wildman–Crippen LogP) is 11.8. The summed E-state index contributed by atoms with van der Waals surface area (Å²) in [5, 5.41) is 4.38. The number of hydrogen-bond donors (Lipinski definition) is 0. The molecule has 10 aromatic rings. The van der Waals surface area contributed by atoms with Crippen molar-refractivity contribution in [2.45, 2.75) is 6.92 Å². The maximum atomic E-state index is 6.52. The van der Waals surface area contributed by atoms with Crippen molar-refractivity contribution < 1.29 is 4.42 Å². The molecule has 0 bridgehead atoms. The summed E-state index contributed by atoms with van der Waals surface area (Å²) in [6.45, 7) is 2.10. The standard InChI is InChI=1S/C46H30N4O/c1-29-18-20-32(21-19-29)35-14-9-15-38-39-28-34(26-27-42(39)51-43(35)38)45-47-44(33-24-22-31(23-25-33)30-10-3-2-4-11-30)48-46(49-45)50-40-16-7-5-12-36(40)37-13-6-8-17-41(37)50/h2-28H,1H3. The lowest BCUT2D eigenvalue weighted by atomic mass is 10.0. The zero-order valence-electron chi connectivity index (χ0n) is 27.8. The van der Waals surface area contributed by atoms with Gasteiger partial charge in [0.05, 0.1) is 11.0 Å². The highest BCUT2D eigenvalue weighted by atomic mass is 16.3. The summed E-state index contributed by atoms with van der Waals surface area (Å²) in [4.78, 5) is 15.5. The monoisotopic (exact) mass is 654 g/mol. The molecule has 3 heterocycles. The second-order valence-electron chi connectivity index (χ2n) is 13.0. The van der Waals surface area contributed by atoms with Gasteiger partial charge in [-0.2, -0.15) is 9.97 Å². The smallest absolute Gasteiger partial charge is 0.238 e. The number of furan rings is 1. The van der Waals surface area contributed by atoms with Crippen molar-refractivity contribution in [3.8, 4) is 51.0 Å². The third-order valence-corrected chi connectivity index (χ3v) is 9.77. The Morgan fingerprint density at radius 1 is 0.431 bits per heavy atom. The molecule has 5 nitrogen and oxygen atoms in total. The quantitative estimate of drug-likeness (QED) is 0.185. The van der Waals surface area contributed by atoms with E-state index in [-0.39, 0.29) is 0 Å². The number of aryl methyl sites for hydroxylation is 1. The largest absolute Gasteiger partial charge is 0.455 e. The first-order valence-electron chi connectivity index (χ1n) is 17.1. The Morgan fingerprint density at radius 3 is 1.73 bits per heavy atom. The summed E-state index contributed by atoms with van der Waals surface area (Å²) in [5.74, 6) is 1.77. The molecule has 0 radical (unpaired) electrons. The number of benzene rings is 7. The van der Waals surface area contributed by atoms with Crippen molar-refractivity contribution in [2.75, 3.05) is 0 Å². The van der Waals surface area contributed by atoms with Gasteiger partial charge in [0, 0.05) is 38.2 Å². The molecule has 0 aliphatic carbocycles. The zero-order chi connectivity index (χ0) is 33.9. The fraction of sp³-hybridized carbons (Fsp3) is 0.0217. The Hall–Kier alpha value is -6.85. The van der Waals surface area contributed by atoms with Crippen LogP contribution in [-0.4, -0.2) is 19.5 Å². The lowest BCUT2D eigenvalue weighted by molar-refractivity contribution is 0.670. The third-order valence-electron chi connectivity index (χ3n) is 9.77. The average molecular weight is 655 g/mol. The van der Waals surface area contributed by atoms with Crippen molar-refractivity contribution in [3.63, 3.8) is 0 Å². The van der Waals surface area contributed by atoms with E-state index in [2.05, 4.69) is 157 Å². The van der Waals surface area contributed by atoms with E-state index in [1.807, 2.05) is 18.2 Å². The first-order chi connectivity index (χ1) is 25.2. The van der Waals surface area contributed by atoms with Crippen LogP contribution in [0.1, 0.15) is 5.56 Å². The Labute approximate surface area is 294 Å². The molecule has 240 valence electrons. The van der Waals surface area contributed by atoms with E-state index in [0.29, 0.717) is 17.6 Å². The van der Waals surface area contributed by atoms with Gasteiger partial charge < -0.3 is 4.42 Å². The maximum Gasteiger partial charge on any atom is 0.238 e. The summed E-state index contributed by atoms with van der Waals surface area (Å²) in [6, 6.07) is 56.8. The molecule has 0 saturated heterocycles. The Bertz CT molecular complexity index is 2850. The van der Waals surface area contributed by atoms with Gasteiger partial charge in [0.1, 0.15) is 11.2 Å². The van der Waals surface area contributed by atoms with Crippen LogP contribution in [0.2, 0.25) is 0 Å². The Kier molecular flexibility index (Phi) is 6.64. The van der Waals surface area contributed by atoms with Crippen LogP contribution in [0.25, 0.3) is 94.7 Å². The average Bonchev–Trinajstić information content (AvgIpc) is 3.74. The molecule has 7 aromatic carbocycles. The van der Waals surface area contributed by atoms with Crippen molar-refractivity contribution in [1.29, 1.82) is 0 Å². The van der Waals surface area contributed by atoms with Gasteiger partial charge in [0.2, 0.25) is 5.95 Å². The Morgan fingerprint density at radius 2 is 1.00 bits per heavy atom. The first-order valence-corrected chi connectivity index (χ1v) is 17.1. The fourth-order valence-electron chi connectivity index (χ4n) is 7.20. The minimum Gasteiger partial charge on any atom is -0.455 e. The number of fused-ring (bicyclic) bond motifs is 6. The van der Waals surface area contributed by atoms with Gasteiger partial charge in [0.25, 0.3) is 0 Å².